The minimum atomic E-state index is 0.0497. The van der Waals surface area contributed by atoms with E-state index in [-0.39, 0.29) is 5.43 Å². The molecule has 0 fully saturated rings. The first-order valence-electron chi connectivity index (χ1n) is 10.2. The molecule has 4 aromatic rings. The van der Waals surface area contributed by atoms with E-state index in [1.807, 2.05) is 50.6 Å². The number of imidazole rings is 1. The van der Waals surface area contributed by atoms with E-state index in [4.69, 9.17) is 4.42 Å². The summed E-state index contributed by atoms with van der Waals surface area (Å²) in [5.74, 6) is 0. The van der Waals surface area contributed by atoms with Crippen molar-refractivity contribution in [2.45, 2.75) is 39.9 Å². The molecule has 30 heavy (non-hydrogen) atoms. The largest absolute Gasteiger partial charge is 0.463 e. The number of benzene rings is 1. The molecule has 0 N–H and O–H groups in total. The fourth-order valence-corrected chi connectivity index (χ4v) is 3.68. The Morgan fingerprint density at radius 1 is 1.03 bits per heavy atom. The average Bonchev–Trinajstić information content (AvgIpc) is 3.27. The molecule has 1 aromatic carbocycles. The number of pyridine rings is 1. The van der Waals surface area contributed by atoms with Gasteiger partial charge in [-0.25, -0.2) is 4.98 Å². The number of nitrogens with zero attached hydrogens (tertiary/aromatic N) is 4. The molecule has 0 radical (unpaired) electrons. The Labute approximate surface area is 175 Å². The van der Waals surface area contributed by atoms with Crippen molar-refractivity contribution in [1.29, 1.82) is 0 Å². The van der Waals surface area contributed by atoms with Crippen LogP contribution in [0.15, 0.2) is 70.9 Å². The van der Waals surface area contributed by atoms with Crippen LogP contribution in [0, 0.1) is 13.8 Å². The third-order valence-corrected chi connectivity index (χ3v) is 5.53. The average molecular weight is 402 g/mol. The van der Waals surface area contributed by atoms with E-state index in [1.54, 1.807) is 24.9 Å². The van der Waals surface area contributed by atoms with Gasteiger partial charge in [0.15, 0.2) is 5.43 Å². The van der Waals surface area contributed by atoms with Crippen molar-refractivity contribution in [3.05, 3.63) is 94.1 Å². The van der Waals surface area contributed by atoms with Crippen LogP contribution in [0.25, 0.3) is 11.0 Å². The molecule has 0 saturated carbocycles. The van der Waals surface area contributed by atoms with Crippen LogP contribution in [-0.2, 0) is 19.6 Å². The Hall–Kier alpha value is -3.25. The molecule has 0 aliphatic rings. The maximum absolute atomic E-state index is 13.1. The molecule has 0 saturated heterocycles. The highest BCUT2D eigenvalue weighted by Gasteiger charge is 2.14. The molecule has 0 aliphatic carbocycles. The van der Waals surface area contributed by atoms with Gasteiger partial charge >= 0.3 is 0 Å². The summed E-state index contributed by atoms with van der Waals surface area (Å²) >= 11 is 0. The van der Waals surface area contributed by atoms with Gasteiger partial charge in [-0.05, 0) is 55.2 Å². The number of hydrogen-bond acceptors (Lipinski definition) is 5. The molecule has 0 amide bonds. The zero-order valence-corrected chi connectivity index (χ0v) is 17.4. The van der Waals surface area contributed by atoms with Crippen molar-refractivity contribution in [3.8, 4) is 0 Å². The zero-order valence-electron chi connectivity index (χ0n) is 17.4. The van der Waals surface area contributed by atoms with Crippen LogP contribution >= 0.6 is 0 Å². The lowest BCUT2D eigenvalue weighted by Crippen LogP contribution is -2.27. The monoisotopic (exact) mass is 402 g/mol. The molecule has 0 aliphatic heterocycles. The molecule has 0 spiro atoms. The second-order valence-electron chi connectivity index (χ2n) is 7.69. The fourth-order valence-electron chi connectivity index (χ4n) is 3.68. The van der Waals surface area contributed by atoms with E-state index < -0.39 is 0 Å². The summed E-state index contributed by atoms with van der Waals surface area (Å²) in [6.07, 6.45) is 11.8. The minimum absolute atomic E-state index is 0.0497. The molecule has 3 aromatic heterocycles. The van der Waals surface area contributed by atoms with E-state index >= 15 is 0 Å². The summed E-state index contributed by atoms with van der Waals surface area (Å²) in [6.45, 7) is 7.04. The molecular weight excluding hydrogens is 376 g/mol. The van der Waals surface area contributed by atoms with Crippen LogP contribution in [-0.4, -0.2) is 26.0 Å². The van der Waals surface area contributed by atoms with Gasteiger partial charge in [-0.1, -0.05) is 6.07 Å². The first-order chi connectivity index (χ1) is 14.6. The van der Waals surface area contributed by atoms with Gasteiger partial charge in [-0.3, -0.25) is 14.7 Å². The quantitative estimate of drug-likeness (QED) is 0.444. The molecular formula is C24H26N4O2. The second-order valence-corrected chi connectivity index (χ2v) is 7.69. The van der Waals surface area contributed by atoms with Crippen molar-refractivity contribution >= 4 is 11.0 Å². The van der Waals surface area contributed by atoms with Gasteiger partial charge in [0.05, 0.1) is 18.0 Å². The van der Waals surface area contributed by atoms with Gasteiger partial charge in [0.1, 0.15) is 5.58 Å². The number of fused-ring (bicyclic) bond motifs is 1. The summed E-state index contributed by atoms with van der Waals surface area (Å²) < 4.78 is 7.97. The predicted octanol–water partition coefficient (Wildman–Crippen LogP) is 4.09. The third kappa shape index (κ3) is 4.49. The predicted molar refractivity (Wildman–Crippen MR) is 117 cm³/mol. The van der Waals surface area contributed by atoms with Crippen LogP contribution in [0.2, 0.25) is 0 Å². The van der Waals surface area contributed by atoms with Gasteiger partial charge in [0.2, 0.25) is 0 Å². The standard InChI is InChI=1S/C24H26N4O2/c1-18-4-5-22-23(29)21(16-30-24(22)19(18)2)15-28(14-20-6-8-25-9-7-20)12-3-11-27-13-10-26-17-27/h4-10,13,16-17H,3,11-12,14-15H2,1-2H3. The highest BCUT2D eigenvalue weighted by atomic mass is 16.3. The van der Waals surface area contributed by atoms with Gasteiger partial charge in [-0.15, -0.1) is 0 Å². The van der Waals surface area contributed by atoms with Crippen LogP contribution in [0.4, 0.5) is 0 Å². The Kier molecular flexibility index (Phi) is 6.05. The summed E-state index contributed by atoms with van der Waals surface area (Å²) in [6, 6.07) is 7.88. The minimum Gasteiger partial charge on any atom is -0.463 e. The van der Waals surface area contributed by atoms with Crippen LogP contribution in [0.3, 0.4) is 0 Å². The Bertz CT molecular complexity index is 1170. The van der Waals surface area contributed by atoms with Crippen molar-refractivity contribution in [3.63, 3.8) is 0 Å². The van der Waals surface area contributed by atoms with Gasteiger partial charge in [0, 0.05) is 56.5 Å². The molecule has 6 heteroatoms. The van der Waals surface area contributed by atoms with E-state index in [1.165, 1.54) is 5.56 Å². The Morgan fingerprint density at radius 2 is 1.87 bits per heavy atom. The normalized spacial score (nSPS) is 11.4. The molecule has 4 rings (SSSR count). The Morgan fingerprint density at radius 3 is 2.63 bits per heavy atom. The summed E-state index contributed by atoms with van der Waals surface area (Å²) in [4.78, 5) is 23.6. The van der Waals surface area contributed by atoms with Crippen LogP contribution < -0.4 is 5.43 Å². The van der Waals surface area contributed by atoms with Crippen LogP contribution in [0.1, 0.15) is 28.7 Å². The highest BCUT2D eigenvalue weighted by Crippen LogP contribution is 2.20. The van der Waals surface area contributed by atoms with Crippen molar-refractivity contribution in [2.75, 3.05) is 6.54 Å². The van der Waals surface area contributed by atoms with Crippen molar-refractivity contribution in [1.82, 2.24) is 19.4 Å². The lowest BCUT2D eigenvalue weighted by molar-refractivity contribution is 0.246. The van der Waals surface area contributed by atoms with E-state index in [0.717, 1.165) is 37.2 Å². The topological polar surface area (TPSA) is 64.2 Å². The first-order valence-corrected chi connectivity index (χ1v) is 10.2. The number of rotatable bonds is 8. The number of aromatic nitrogens is 3. The fraction of sp³-hybridized carbons (Fsp3) is 0.292. The van der Waals surface area contributed by atoms with E-state index in [2.05, 4.69) is 19.4 Å². The van der Waals surface area contributed by atoms with Crippen molar-refractivity contribution in [2.24, 2.45) is 0 Å². The smallest absolute Gasteiger partial charge is 0.197 e. The Balaban J connectivity index is 1.56. The van der Waals surface area contributed by atoms with Crippen molar-refractivity contribution < 1.29 is 4.42 Å². The first kappa shape index (κ1) is 20.0. The summed E-state index contributed by atoms with van der Waals surface area (Å²) in [5, 5.41) is 0.651. The number of aryl methyl sites for hydroxylation is 3. The van der Waals surface area contributed by atoms with Crippen LogP contribution in [0.5, 0.6) is 0 Å². The lowest BCUT2D eigenvalue weighted by Gasteiger charge is -2.22. The summed E-state index contributed by atoms with van der Waals surface area (Å²) in [5.41, 5.74) is 4.73. The SMILES string of the molecule is Cc1ccc2c(=O)c(CN(CCCn3ccnc3)Cc3ccncc3)coc2c1C. The third-order valence-electron chi connectivity index (χ3n) is 5.53. The van der Waals surface area contributed by atoms with E-state index in [0.29, 0.717) is 23.1 Å². The lowest BCUT2D eigenvalue weighted by atomic mass is 10.0. The van der Waals surface area contributed by atoms with Gasteiger partial charge in [-0.2, -0.15) is 0 Å². The molecule has 154 valence electrons. The van der Waals surface area contributed by atoms with Gasteiger partial charge in [0.25, 0.3) is 0 Å². The van der Waals surface area contributed by atoms with Gasteiger partial charge < -0.3 is 8.98 Å². The number of hydrogen-bond donors (Lipinski definition) is 0. The molecule has 0 atom stereocenters. The maximum atomic E-state index is 13.1. The summed E-state index contributed by atoms with van der Waals surface area (Å²) in [7, 11) is 0. The zero-order chi connectivity index (χ0) is 20.9. The molecule has 0 bridgehead atoms. The molecule has 6 nitrogen and oxygen atoms in total. The molecule has 0 unspecified atom stereocenters. The van der Waals surface area contributed by atoms with E-state index in [9.17, 15) is 4.79 Å². The highest BCUT2D eigenvalue weighted by molar-refractivity contribution is 5.81. The molecule has 3 heterocycles. The second kappa shape index (κ2) is 9.05. The maximum Gasteiger partial charge on any atom is 0.197 e.